The Morgan fingerprint density at radius 1 is 0.689 bits per heavy atom. The van der Waals surface area contributed by atoms with Gasteiger partial charge in [-0.3, -0.25) is 14.4 Å². The molecule has 2 aromatic carbocycles. The fourth-order valence-electron chi connectivity index (χ4n) is 3.14. The van der Waals surface area contributed by atoms with Crippen molar-refractivity contribution < 1.29 is 73.5 Å². The van der Waals surface area contributed by atoms with E-state index >= 15 is 0 Å². The van der Waals surface area contributed by atoms with Gasteiger partial charge in [0.05, 0.1) is 19.3 Å². The van der Waals surface area contributed by atoms with E-state index < -0.39 is 5.91 Å². The minimum absolute atomic E-state index is 0. The van der Waals surface area contributed by atoms with Gasteiger partial charge in [-0.1, -0.05) is 38.5 Å². The van der Waals surface area contributed by atoms with Crippen LogP contribution >= 0.6 is 0 Å². The maximum atomic E-state index is 11.6. The molecule has 0 radical (unpaired) electrons. The molecule has 19 nitrogen and oxygen atoms in total. The number of aliphatic hydroxyl groups excluding tert-OH is 2. The van der Waals surface area contributed by atoms with Gasteiger partial charge in [0.15, 0.2) is 0 Å². The van der Waals surface area contributed by atoms with E-state index in [1.54, 1.807) is 17.9 Å². The van der Waals surface area contributed by atoms with Gasteiger partial charge in [0, 0.05) is 82.4 Å². The Labute approximate surface area is 473 Å². The number of aldehydes is 1. The molecule has 0 aromatic heterocycles. The van der Waals surface area contributed by atoms with Gasteiger partial charge in [0.1, 0.15) is 24.3 Å². The number of anilines is 2. The summed E-state index contributed by atoms with van der Waals surface area (Å²) in [7, 11) is 8.56. The summed E-state index contributed by atoms with van der Waals surface area (Å²) in [6, 6.07) is 18.5. The van der Waals surface area contributed by atoms with E-state index in [0.717, 1.165) is 35.9 Å². The maximum Gasteiger partial charge on any atom is 1.00 e. The number of carbonyl (C=O) groups excluding carboxylic acids is 3. The molecule has 0 aliphatic heterocycles. The smallest absolute Gasteiger partial charge is 0.857 e. The number of nitrogens with zero attached hydrogens (tertiary/aromatic N) is 6. The van der Waals surface area contributed by atoms with Crippen LogP contribution in [0.15, 0.2) is 54.1 Å². The first-order valence-electron chi connectivity index (χ1n) is 18.7. The van der Waals surface area contributed by atoms with Crippen LogP contribution in [0.5, 0.6) is 0 Å². The molecule has 6 N–H and O–H groups in total. The summed E-state index contributed by atoms with van der Waals surface area (Å²) >= 11 is 0. The molecule has 0 bridgehead atoms. The first-order chi connectivity index (χ1) is 34.4. The third-order valence-corrected chi connectivity index (χ3v) is 5.86. The third-order valence-electron chi connectivity index (χ3n) is 5.86. The largest absolute Gasteiger partial charge is 1.00 e. The number of rotatable bonds is 10. The van der Waals surface area contributed by atoms with E-state index in [9.17, 15) is 14.4 Å². The molecule has 0 atom stereocenters. The zero-order chi connectivity index (χ0) is 55.8. The molecular formula is C54H75N10NaO9. The fourth-order valence-corrected chi connectivity index (χ4v) is 3.14. The van der Waals surface area contributed by atoms with Gasteiger partial charge < -0.3 is 35.8 Å². The van der Waals surface area contributed by atoms with Crippen LogP contribution in [0.25, 0.3) is 16.5 Å². The topological polar surface area (TPSA) is 328 Å². The van der Waals surface area contributed by atoms with E-state index in [4.69, 9.17) is 71.0 Å². The molecule has 74 heavy (non-hydrogen) atoms. The van der Waals surface area contributed by atoms with Crippen LogP contribution in [-0.4, -0.2) is 89.9 Å². The molecule has 20 heteroatoms. The van der Waals surface area contributed by atoms with Crippen LogP contribution in [0, 0.1) is 180 Å². The standard InChI is InChI=1S/C14H17N3O2.C14H2.C9H11NO.C9H4.C5H8N2O2.CH3O.2CH4.HN3.HNO.Na.O2.10H2/c1-17(2)13-5-3-11(4-6-13)9-12(10-15)14(19)16-7-8-18;1-3-5-7-9-11-13-14-12-10-8-6-4-2;1-10(2)9-5-3-8(7-11)4-6-9;1-3-5-7-9-8-6-4-2;6-2-1-5(9)7-3-4-8;1-2;;;1-3-2;1-2;;1-2;;;;;;;;;;/h3-6,9,18H,7-8H2,1-2H3,(H,16,19);1-2H;3-7H,1-2H3;1H,2H3;8H,1,3-4H2,(H,7,9);1H3;2*1H4;1H;1H;;;10*1H/q;;;;;-1;;;;;+1;;;;;;;;;;;/b12-9+;;;;;;;;;;;;;;;;;;;;;. The van der Waals surface area contributed by atoms with E-state index in [0.29, 0.717) is 0 Å². The zero-order valence-corrected chi connectivity index (χ0v) is 42.5. The van der Waals surface area contributed by atoms with Crippen LogP contribution in [0.2, 0.25) is 0 Å². The number of benzene rings is 2. The quantitative estimate of drug-likeness (QED) is 0.0229. The molecule has 2 rings (SSSR count). The monoisotopic (exact) mass is 1030 g/mol. The molecule has 0 aliphatic rings. The van der Waals surface area contributed by atoms with Crippen LogP contribution in [-0.2, 0) is 9.59 Å². The molecule has 0 unspecified atom stereocenters. The fraction of sp³-hybridized carbons (Fsp3) is 0.241. The Balaban J connectivity index is -0.0000000321. The molecular weight excluding hydrogens is 956 g/mol. The number of nitroso groups, excluding NO2 is 1. The van der Waals surface area contributed by atoms with Crippen molar-refractivity contribution in [3.05, 3.63) is 90.5 Å². The van der Waals surface area contributed by atoms with Crippen molar-refractivity contribution in [2.75, 3.05) is 71.4 Å². The average molecular weight is 1030 g/mol. The number of terminal acetylenes is 3. The van der Waals surface area contributed by atoms with Gasteiger partial charge in [0.2, 0.25) is 5.91 Å². The van der Waals surface area contributed by atoms with Crippen molar-refractivity contribution in [3.63, 3.8) is 0 Å². The van der Waals surface area contributed by atoms with Gasteiger partial charge in [0.25, 0.3) is 5.91 Å². The van der Waals surface area contributed by atoms with Crippen LogP contribution in [0.1, 0.15) is 58.4 Å². The van der Waals surface area contributed by atoms with Crippen molar-refractivity contribution >= 4 is 35.6 Å². The van der Waals surface area contributed by atoms with Crippen molar-refractivity contribution in [2.45, 2.75) is 28.2 Å². The molecule has 396 valence electrons. The Hall–Kier alpha value is -10.1. The van der Waals surface area contributed by atoms with Crippen LogP contribution < -0.4 is 55.1 Å². The van der Waals surface area contributed by atoms with Crippen molar-refractivity contribution in [3.8, 4) is 144 Å². The van der Waals surface area contributed by atoms with E-state index in [1.165, 1.54) is 6.08 Å². The van der Waals surface area contributed by atoms with Crippen molar-refractivity contribution in [1.29, 1.82) is 21.6 Å². The molecule has 2 amide bonds. The Morgan fingerprint density at radius 2 is 1.00 bits per heavy atom. The molecule has 2 aromatic rings. The second kappa shape index (κ2) is 77.1. The second-order valence-corrected chi connectivity index (χ2v) is 10.8. The van der Waals surface area contributed by atoms with Crippen LogP contribution in [0.4, 0.5) is 11.4 Å². The molecule has 0 heterocycles. The normalized spacial score (nSPS) is 6.51. The summed E-state index contributed by atoms with van der Waals surface area (Å²) in [6.45, 7) is 1.83. The van der Waals surface area contributed by atoms with E-state index in [1.807, 2.05) is 92.6 Å². The molecule has 0 spiro atoms. The summed E-state index contributed by atoms with van der Waals surface area (Å²) in [6.07, 6.45) is 16.8. The maximum absolute atomic E-state index is 11.6. The predicted octanol–water partition coefficient (Wildman–Crippen LogP) is 3.25. The molecule has 0 aliphatic carbocycles. The zero-order valence-electron chi connectivity index (χ0n) is 40.5. The number of nitriles is 2. The van der Waals surface area contributed by atoms with Gasteiger partial charge in [-0.25, -0.2) is 0 Å². The van der Waals surface area contributed by atoms with Crippen LogP contribution in [0.3, 0.4) is 0 Å². The van der Waals surface area contributed by atoms with Gasteiger partial charge in [-0.05, 0) is 172 Å². The summed E-state index contributed by atoms with van der Waals surface area (Å²) in [5.41, 5.74) is 20.4. The molecule has 0 fully saturated rings. The molecule has 0 saturated heterocycles. The predicted molar refractivity (Wildman–Crippen MR) is 308 cm³/mol. The van der Waals surface area contributed by atoms with Gasteiger partial charge in [-0.2, -0.15) is 22.5 Å². The Morgan fingerprint density at radius 3 is 1.27 bits per heavy atom. The third kappa shape index (κ3) is 68.5. The van der Waals surface area contributed by atoms with Crippen molar-refractivity contribution in [1.82, 2.24) is 10.6 Å². The SMILES string of the molecule is C.C.C#CC#CC#CC#CC.C#CC#CC#CC#CC#CC#CC#C.CN(C)c1ccc(/C=C(\C#N)C(=O)NCCO)cc1.CN(C)c1ccc(C=O)cc1.C[O-].N#CCC(=O)NCCO.N=O.O=O.[HH].[HH].[HH].[HH].[HH].[HH].[HH].[HH].[HH].[HH].[N-]=[N+]=N.[Na+]. The summed E-state index contributed by atoms with van der Waals surface area (Å²) in [4.78, 5) is 59.4. The average Bonchev–Trinajstić information content (AvgIpc) is 3.40. The van der Waals surface area contributed by atoms with Gasteiger partial charge in [-0.15, -0.1) is 24.8 Å². The summed E-state index contributed by atoms with van der Waals surface area (Å²) < 4.78 is 0. The summed E-state index contributed by atoms with van der Waals surface area (Å²) in [5, 5.41) is 46.7. The number of hydrogen-bond acceptors (Lipinski definition) is 15. The number of amides is 2. The van der Waals surface area contributed by atoms with Gasteiger partial charge >= 0.3 is 29.6 Å². The van der Waals surface area contributed by atoms with E-state index in [-0.39, 0.29) is 103 Å². The number of aliphatic hydroxyl groups is 2. The summed E-state index contributed by atoms with van der Waals surface area (Å²) in [5.74, 6) is 44.4. The number of hydrogen-bond donors (Lipinski definition) is 6. The first kappa shape index (κ1) is 87.0. The minimum atomic E-state index is -0.478. The molecule has 0 saturated carbocycles. The van der Waals surface area contributed by atoms with Crippen molar-refractivity contribution in [2.24, 2.45) is 0 Å². The second-order valence-electron chi connectivity index (χ2n) is 10.8. The van der Waals surface area contributed by atoms with E-state index in [2.05, 4.69) is 129 Å². The first-order valence-corrected chi connectivity index (χ1v) is 18.7. The Bertz CT molecular complexity index is 2680. The number of nitrogens with one attached hydrogen (secondary N) is 4. The Kier molecular flexibility index (Phi) is 90.7. The number of carbonyl (C=O) groups is 3. The minimum Gasteiger partial charge on any atom is -0.857 e.